The highest BCUT2D eigenvalue weighted by Crippen LogP contribution is 2.33. The van der Waals surface area contributed by atoms with E-state index in [1.54, 1.807) is 24.3 Å². The van der Waals surface area contributed by atoms with E-state index in [0.29, 0.717) is 16.5 Å². The number of alkyl halides is 3. The quantitative estimate of drug-likeness (QED) is 0.330. The van der Waals surface area contributed by atoms with Gasteiger partial charge in [0.25, 0.3) is 10.0 Å². The minimum atomic E-state index is -4.54. The summed E-state index contributed by atoms with van der Waals surface area (Å²) in [6.45, 7) is -0.0346. The van der Waals surface area contributed by atoms with Crippen LogP contribution in [0.15, 0.2) is 66.1 Å². The molecule has 5 rings (SSSR count). The van der Waals surface area contributed by atoms with Crippen molar-refractivity contribution in [3.8, 4) is 11.3 Å². The van der Waals surface area contributed by atoms with Crippen LogP contribution in [0.1, 0.15) is 5.56 Å². The number of carbonyl (C=O) groups is 1. The van der Waals surface area contributed by atoms with Gasteiger partial charge in [0.05, 0.1) is 21.8 Å². The van der Waals surface area contributed by atoms with Crippen LogP contribution in [0.5, 0.6) is 0 Å². The summed E-state index contributed by atoms with van der Waals surface area (Å²) in [4.78, 5) is 25.2. The van der Waals surface area contributed by atoms with Crippen molar-refractivity contribution in [1.29, 1.82) is 0 Å². The van der Waals surface area contributed by atoms with Gasteiger partial charge in [-0.15, -0.1) is 0 Å². The smallest absolute Gasteiger partial charge is 0.345 e. The first-order chi connectivity index (χ1) is 17.9. The lowest BCUT2D eigenvalue weighted by Gasteiger charge is -2.09. The highest BCUT2D eigenvalue weighted by molar-refractivity contribution is 7.90. The maximum atomic E-state index is 13.5. The third-order valence-corrected chi connectivity index (χ3v) is 7.57. The number of hydrogen-bond donors (Lipinski definition) is 1. The van der Waals surface area contributed by atoms with Gasteiger partial charge < -0.3 is 9.88 Å². The van der Waals surface area contributed by atoms with Crippen LogP contribution >= 0.6 is 11.6 Å². The Morgan fingerprint density at radius 1 is 1.08 bits per heavy atom. The fourth-order valence-corrected chi connectivity index (χ4v) is 5.36. The number of nitrogens with one attached hydrogen (secondary N) is 1. The van der Waals surface area contributed by atoms with E-state index in [0.717, 1.165) is 9.54 Å². The second kappa shape index (κ2) is 9.40. The highest BCUT2D eigenvalue weighted by Gasteiger charge is 2.28. The number of benzene rings is 1. The summed E-state index contributed by atoms with van der Waals surface area (Å²) in [7, 11) is -4.04. The first-order valence-electron chi connectivity index (χ1n) is 11.1. The van der Waals surface area contributed by atoms with Crippen LogP contribution in [0.4, 0.5) is 13.2 Å². The molecule has 0 aliphatic rings. The number of halogens is 4. The largest absolute Gasteiger partial charge is 0.405 e. The molecule has 4 aromatic heterocycles. The number of aromatic nitrogens is 5. The van der Waals surface area contributed by atoms with Crippen LogP contribution in [0.2, 0.25) is 5.02 Å². The Morgan fingerprint density at radius 2 is 1.82 bits per heavy atom. The predicted molar refractivity (Wildman–Crippen MR) is 134 cm³/mol. The van der Waals surface area contributed by atoms with Gasteiger partial charge in [-0.25, -0.2) is 22.4 Å². The van der Waals surface area contributed by atoms with Gasteiger partial charge in [0, 0.05) is 29.5 Å². The van der Waals surface area contributed by atoms with Gasteiger partial charge in [-0.1, -0.05) is 29.3 Å². The molecule has 5 aromatic rings. The summed E-state index contributed by atoms with van der Waals surface area (Å²) in [5.41, 5.74) is 2.24. The lowest BCUT2D eigenvalue weighted by Crippen LogP contribution is -2.35. The molecule has 0 saturated carbocycles. The SMILES string of the molecule is Cc1ccc(S(=O)(=O)n2cc(-c3cnc4ccn(CC(=O)NCC(F)(F)F)c4n3)c3cc(Cl)cnc32)cc1. The average molecular weight is 563 g/mol. The minimum absolute atomic E-state index is 0.0589. The van der Waals surface area contributed by atoms with Gasteiger partial charge in [0.2, 0.25) is 5.91 Å². The highest BCUT2D eigenvalue weighted by atomic mass is 35.5. The van der Waals surface area contributed by atoms with Gasteiger partial charge in [0.15, 0.2) is 11.3 Å². The molecule has 1 amide bonds. The Kier molecular flexibility index (Phi) is 6.35. The Balaban J connectivity index is 1.59. The van der Waals surface area contributed by atoms with Crippen molar-refractivity contribution in [2.75, 3.05) is 6.54 Å². The molecule has 9 nitrogen and oxygen atoms in total. The number of rotatable bonds is 6. The molecule has 4 heterocycles. The molecule has 38 heavy (non-hydrogen) atoms. The molecule has 1 aromatic carbocycles. The molecule has 196 valence electrons. The van der Waals surface area contributed by atoms with E-state index < -0.39 is 35.2 Å². The summed E-state index contributed by atoms with van der Waals surface area (Å²) in [6, 6.07) is 9.47. The van der Waals surface area contributed by atoms with Gasteiger partial charge in [-0.05, 0) is 31.2 Å². The molecule has 0 fully saturated rings. The number of hydrogen-bond acceptors (Lipinski definition) is 6. The second-order valence-electron chi connectivity index (χ2n) is 8.48. The van der Waals surface area contributed by atoms with E-state index in [2.05, 4.69) is 15.0 Å². The Morgan fingerprint density at radius 3 is 2.53 bits per heavy atom. The Bertz CT molecular complexity index is 1800. The van der Waals surface area contributed by atoms with Crippen molar-refractivity contribution in [3.63, 3.8) is 0 Å². The average Bonchev–Trinajstić information content (AvgIpc) is 3.44. The Labute approximate surface area is 219 Å². The molecule has 0 spiro atoms. The van der Waals surface area contributed by atoms with E-state index in [1.807, 2.05) is 12.2 Å². The van der Waals surface area contributed by atoms with Crippen molar-refractivity contribution >= 4 is 49.7 Å². The second-order valence-corrected chi connectivity index (χ2v) is 10.7. The van der Waals surface area contributed by atoms with Crippen LogP contribution in [0.25, 0.3) is 33.5 Å². The summed E-state index contributed by atoms with van der Waals surface area (Å²) < 4.78 is 66.7. The number of carbonyl (C=O) groups excluding carboxylic acids is 1. The third-order valence-electron chi connectivity index (χ3n) is 5.70. The Hall–Kier alpha value is -3.97. The molecule has 14 heteroatoms. The van der Waals surface area contributed by atoms with Crippen LogP contribution in [-0.2, 0) is 21.4 Å². The standard InChI is InChI=1S/C24H18ClF3N6O3S/c1-14-2-4-16(5-3-14)38(36,37)34-11-18(17-8-15(25)9-30-22(17)34)20-10-29-19-6-7-33(23(19)32-20)12-21(35)31-13-24(26,27)28/h2-11H,12-13H2,1H3,(H,31,35). The van der Waals surface area contributed by atoms with E-state index in [9.17, 15) is 26.4 Å². The van der Waals surface area contributed by atoms with Gasteiger partial charge in [0.1, 0.15) is 18.6 Å². The van der Waals surface area contributed by atoms with Crippen LogP contribution in [0, 0.1) is 6.92 Å². The van der Waals surface area contributed by atoms with Gasteiger partial charge >= 0.3 is 6.18 Å². The zero-order chi connectivity index (χ0) is 27.2. The molecule has 0 radical (unpaired) electrons. The zero-order valence-electron chi connectivity index (χ0n) is 19.6. The molecular weight excluding hydrogens is 545 g/mol. The predicted octanol–water partition coefficient (Wildman–Crippen LogP) is 4.33. The van der Waals surface area contributed by atoms with Crippen molar-refractivity contribution in [2.45, 2.75) is 24.5 Å². The van der Waals surface area contributed by atoms with E-state index in [1.165, 1.54) is 41.5 Å². The van der Waals surface area contributed by atoms with E-state index in [-0.39, 0.29) is 26.9 Å². The van der Waals surface area contributed by atoms with Crippen molar-refractivity contribution in [1.82, 2.24) is 28.8 Å². The zero-order valence-corrected chi connectivity index (χ0v) is 21.1. The number of nitrogens with zero attached hydrogens (tertiary/aromatic N) is 5. The maximum Gasteiger partial charge on any atom is 0.405 e. The van der Waals surface area contributed by atoms with Gasteiger partial charge in [-0.3, -0.25) is 9.78 Å². The topological polar surface area (TPSA) is 112 Å². The summed E-state index contributed by atoms with van der Waals surface area (Å²) in [5.74, 6) is -0.858. The van der Waals surface area contributed by atoms with Crippen LogP contribution in [-0.4, -0.2) is 50.5 Å². The number of pyridine rings is 1. The van der Waals surface area contributed by atoms with Crippen LogP contribution in [0.3, 0.4) is 0 Å². The van der Waals surface area contributed by atoms with Crippen molar-refractivity contribution < 1.29 is 26.4 Å². The third kappa shape index (κ3) is 4.94. The number of fused-ring (bicyclic) bond motifs is 2. The first kappa shape index (κ1) is 25.7. The first-order valence-corrected chi connectivity index (χ1v) is 12.9. The maximum absolute atomic E-state index is 13.5. The normalized spacial score (nSPS) is 12.3. The van der Waals surface area contributed by atoms with Gasteiger partial charge in [-0.2, -0.15) is 13.2 Å². The molecule has 0 atom stereocenters. The molecule has 0 bridgehead atoms. The summed E-state index contributed by atoms with van der Waals surface area (Å²) in [6.07, 6.45) is 1.06. The monoisotopic (exact) mass is 562 g/mol. The fourth-order valence-electron chi connectivity index (χ4n) is 3.88. The minimum Gasteiger partial charge on any atom is -0.345 e. The lowest BCUT2D eigenvalue weighted by atomic mass is 10.1. The van der Waals surface area contributed by atoms with E-state index >= 15 is 0 Å². The number of amides is 1. The summed E-state index contributed by atoms with van der Waals surface area (Å²) in [5, 5.41) is 2.47. The van der Waals surface area contributed by atoms with Crippen molar-refractivity contribution in [2.24, 2.45) is 0 Å². The molecule has 0 aliphatic carbocycles. The fraction of sp³-hybridized carbons (Fsp3) is 0.167. The molecule has 0 aliphatic heterocycles. The summed E-state index contributed by atoms with van der Waals surface area (Å²) >= 11 is 6.17. The van der Waals surface area contributed by atoms with E-state index in [4.69, 9.17) is 11.6 Å². The number of aryl methyl sites for hydroxylation is 1. The molecule has 0 unspecified atom stereocenters. The lowest BCUT2D eigenvalue weighted by molar-refractivity contribution is -0.138. The molecular formula is C24H18ClF3N6O3S. The van der Waals surface area contributed by atoms with Crippen molar-refractivity contribution in [3.05, 3.63) is 71.8 Å². The molecule has 0 saturated heterocycles. The molecule has 1 N–H and O–H groups in total. The van der Waals surface area contributed by atoms with Crippen LogP contribution < -0.4 is 5.32 Å².